The number of fused-ring (bicyclic) bond motifs is 1. The molecule has 2 aromatic rings. The normalized spacial score (nSPS) is 19.1. The van der Waals surface area contributed by atoms with E-state index in [2.05, 4.69) is 5.10 Å². The molecule has 8 heteroatoms. The summed E-state index contributed by atoms with van der Waals surface area (Å²) in [6.45, 7) is 0.892. The van der Waals surface area contributed by atoms with Gasteiger partial charge in [-0.15, -0.1) is 0 Å². The van der Waals surface area contributed by atoms with Gasteiger partial charge in [-0.2, -0.15) is 5.10 Å². The Labute approximate surface area is 155 Å². The van der Waals surface area contributed by atoms with Crippen LogP contribution in [0.25, 0.3) is 5.69 Å². The predicted octanol–water partition coefficient (Wildman–Crippen LogP) is 1.82. The van der Waals surface area contributed by atoms with E-state index in [0.717, 1.165) is 30.5 Å². The molecule has 7 nitrogen and oxygen atoms in total. The fourth-order valence-electron chi connectivity index (χ4n) is 3.80. The zero-order chi connectivity index (χ0) is 19.0. The second kappa shape index (κ2) is 7.11. The van der Waals surface area contributed by atoms with Crippen LogP contribution in [0, 0.1) is 5.82 Å². The van der Waals surface area contributed by atoms with E-state index < -0.39 is 12.1 Å². The van der Waals surface area contributed by atoms with Gasteiger partial charge < -0.3 is 14.7 Å². The van der Waals surface area contributed by atoms with Gasteiger partial charge in [0.15, 0.2) is 5.69 Å². The van der Waals surface area contributed by atoms with E-state index in [9.17, 15) is 14.0 Å². The molecule has 0 saturated carbocycles. The van der Waals surface area contributed by atoms with E-state index in [4.69, 9.17) is 9.84 Å². The minimum atomic E-state index is -0.959. The Morgan fingerprint density at radius 1 is 1.30 bits per heavy atom. The van der Waals surface area contributed by atoms with Crippen molar-refractivity contribution >= 4 is 11.9 Å². The van der Waals surface area contributed by atoms with Gasteiger partial charge in [0.05, 0.1) is 19.1 Å². The maximum absolute atomic E-state index is 14.3. The van der Waals surface area contributed by atoms with E-state index >= 15 is 0 Å². The topological polar surface area (TPSA) is 84.7 Å². The first-order valence-corrected chi connectivity index (χ1v) is 9.03. The number of nitrogens with zero attached hydrogens (tertiary/aromatic N) is 3. The third-order valence-corrected chi connectivity index (χ3v) is 5.04. The molecule has 4 rings (SSSR count). The lowest BCUT2D eigenvalue weighted by Gasteiger charge is -2.32. The van der Waals surface area contributed by atoms with E-state index in [-0.39, 0.29) is 24.7 Å². The molecule has 0 unspecified atom stereocenters. The van der Waals surface area contributed by atoms with Crippen LogP contribution in [0.2, 0.25) is 0 Å². The van der Waals surface area contributed by atoms with E-state index in [1.165, 1.54) is 6.07 Å². The van der Waals surface area contributed by atoms with E-state index in [1.807, 2.05) is 0 Å². The number of hydrogen-bond acceptors (Lipinski definition) is 4. The number of carboxylic acids is 1. The first-order valence-electron chi connectivity index (χ1n) is 9.03. The molecule has 142 valence electrons. The van der Waals surface area contributed by atoms with Crippen molar-refractivity contribution < 1.29 is 23.8 Å². The Morgan fingerprint density at radius 2 is 2.11 bits per heavy atom. The monoisotopic (exact) mass is 373 g/mol. The zero-order valence-electron chi connectivity index (χ0n) is 14.7. The van der Waals surface area contributed by atoms with E-state index in [0.29, 0.717) is 24.5 Å². The number of carboxylic acid groups (broad SMARTS) is 1. The Morgan fingerprint density at radius 3 is 2.89 bits per heavy atom. The fourth-order valence-corrected chi connectivity index (χ4v) is 3.80. The van der Waals surface area contributed by atoms with Crippen LogP contribution in [0.15, 0.2) is 24.3 Å². The van der Waals surface area contributed by atoms with Crippen molar-refractivity contribution in [2.24, 2.45) is 0 Å². The Balaban J connectivity index is 1.64. The molecule has 1 amide bonds. The van der Waals surface area contributed by atoms with Gasteiger partial charge in [-0.1, -0.05) is 12.1 Å². The summed E-state index contributed by atoms with van der Waals surface area (Å²) in [6.07, 6.45) is 1.70. The van der Waals surface area contributed by atoms with Crippen molar-refractivity contribution in [2.45, 2.75) is 31.8 Å². The van der Waals surface area contributed by atoms with Gasteiger partial charge in [-0.3, -0.25) is 9.59 Å². The number of carbonyl (C=O) groups is 2. The molecule has 2 aliphatic rings. The van der Waals surface area contributed by atoms with Crippen molar-refractivity contribution in [3.05, 3.63) is 47.0 Å². The summed E-state index contributed by atoms with van der Waals surface area (Å²) in [7, 11) is 0. The second-order valence-electron chi connectivity index (χ2n) is 6.83. The number of morpholine rings is 1. The minimum absolute atomic E-state index is 0.147. The van der Waals surface area contributed by atoms with Gasteiger partial charge in [-0.25, -0.2) is 9.07 Å². The van der Waals surface area contributed by atoms with Crippen LogP contribution in [0.1, 0.15) is 34.6 Å². The molecule has 1 saturated heterocycles. The summed E-state index contributed by atoms with van der Waals surface area (Å²) >= 11 is 0. The van der Waals surface area contributed by atoms with Gasteiger partial charge in [0.25, 0.3) is 5.91 Å². The number of aliphatic carboxylic acids is 1. The third-order valence-electron chi connectivity index (χ3n) is 5.04. The summed E-state index contributed by atoms with van der Waals surface area (Å²) in [6, 6.07) is 6.37. The highest BCUT2D eigenvalue weighted by Gasteiger charge is 2.33. The number of aromatic nitrogens is 2. The average molecular weight is 373 g/mol. The molecule has 1 aromatic carbocycles. The summed E-state index contributed by atoms with van der Waals surface area (Å²) in [5, 5.41) is 13.4. The van der Waals surface area contributed by atoms with E-state index in [1.54, 1.807) is 27.8 Å². The highest BCUT2D eigenvalue weighted by atomic mass is 19.1. The lowest BCUT2D eigenvalue weighted by Crippen LogP contribution is -2.46. The summed E-state index contributed by atoms with van der Waals surface area (Å²) < 4.78 is 21.2. The van der Waals surface area contributed by atoms with Gasteiger partial charge in [0.2, 0.25) is 0 Å². The third kappa shape index (κ3) is 3.32. The molecule has 1 aliphatic heterocycles. The van der Waals surface area contributed by atoms with Crippen molar-refractivity contribution in [3.63, 3.8) is 0 Å². The lowest BCUT2D eigenvalue weighted by atomic mass is 10.1. The SMILES string of the molecule is O=C(O)C[C@H]1CN(C(=O)c2nn(-c3ccccc3F)c3c2CCC3)CCO1. The maximum atomic E-state index is 14.3. The highest BCUT2D eigenvalue weighted by Crippen LogP contribution is 2.29. The number of hydrogen-bond donors (Lipinski definition) is 1. The van der Waals surface area contributed by atoms with Crippen LogP contribution >= 0.6 is 0 Å². The van der Waals surface area contributed by atoms with Crippen molar-refractivity contribution in [1.82, 2.24) is 14.7 Å². The molecule has 1 aliphatic carbocycles. The number of rotatable bonds is 4. The Kier molecular flexibility index (Phi) is 4.65. The average Bonchev–Trinajstić information content (AvgIpc) is 3.24. The van der Waals surface area contributed by atoms with Gasteiger partial charge >= 0.3 is 5.97 Å². The Hall–Kier alpha value is -2.74. The molecule has 1 aromatic heterocycles. The molecule has 0 bridgehead atoms. The number of carbonyl (C=O) groups excluding carboxylic acids is 1. The van der Waals surface area contributed by atoms with Crippen LogP contribution < -0.4 is 0 Å². The molecule has 27 heavy (non-hydrogen) atoms. The molecule has 1 atom stereocenters. The molecule has 0 radical (unpaired) electrons. The van der Waals surface area contributed by atoms with Crippen LogP contribution in [0.3, 0.4) is 0 Å². The van der Waals surface area contributed by atoms with Crippen LogP contribution in [-0.2, 0) is 22.4 Å². The van der Waals surface area contributed by atoms with Gasteiger partial charge in [0, 0.05) is 24.3 Å². The maximum Gasteiger partial charge on any atom is 0.306 e. The highest BCUT2D eigenvalue weighted by molar-refractivity contribution is 5.94. The molecule has 1 N–H and O–H groups in total. The molecule has 2 heterocycles. The first kappa shape index (κ1) is 17.7. The number of halogens is 1. The zero-order valence-corrected chi connectivity index (χ0v) is 14.7. The number of ether oxygens (including phenoxy) is 1. The summed E-state index contributed by atoms with van der Waals surface area (Å²) in [4.78, 5) is 25.6. The van der Waals surface area contributed by atoms with Gasteiger partial charge in [0.1, 0.15) is 11.5 Å². The van der Waals surface area contributed by atoms with Gasteiger partial charge in [-0.05, 0) is 31.4 Å². The fraction of sp³-hybridized carbons (Fsp3) is 0.421. The van der Waals surface area contributed by atoms with Crippen LogP contribution in [0.5, 0.6) is 0 Å². The number of para-hydroxylation sites is 1. The van der Waals surface area contributed by atoms with Crippen LogP contribution in [-0.4, -0.2) is 57.5 Å². The largest absolute Gasteiger partial charge is 0.481 e. The van der Waals surface area contributed by atoms with Crippen molar-refractivity contribution in [2.75, 3.05) is 19.7 Å². The minimum Gasteiger partial charge on any atom is -0.481 e. The lowest BCUT2D eigenvalue weighted by molar-refractivity contribution is -0.141. The van der Waals surface area contributed by atoms with Crippen molar-refractivity contribution in [3.8, 4) is 5.69 Å². The quantitative estimate of drug-likeness (QED) is 0.884. The summed E-state index contributed by atoms with van der Waals surface area (Å²) in [5.74, 6) is -1.59. The molecule has 1 fully saturated rings. The number of amides is 1. The summed E-state index contributed by atoms with van der Waals surface area (Å²) in [5.41, 5.74) is 2.41. The predicted molar refractivity (Wildman–Crippen MR) is 93.4 cm³/mol. The smallest absolute Gasteiger partial charge is 0.306 e. The Bertz CT molecular complexity index is 895. The number of benzene rings is 1. The second-order valence-corrected chi connectivity index (χ2v) is 6.83. The standard InChI is InChI=1S/C19H20FN3O4/c20-14-5-1-2-6-16(14)23-15-7-3-4-13(15)18(21-23)19(26)22-8-9-27-12(11-22)10-17(24)25/h1-2,5-6,12H,3-4,7-11H2,(H,24,25)/t12-/m0/s1. The molecule has 0 spiro atoms. The van der Waals surface area contributed by atoms with Crippen molar-refractivity contribution in [1.29, 1.82) is 0 Å². The molecular formula is C19H20FN3O4. The molecular weight excluding hydrogens is 353 g/mol. The first-order chi connectivity index (χ1) is 13.0. The van der Waals surface area contributed by atoms with Crippen LogP contribution in [0.4, 0.5) is 4.39 Å².